The molecule has 0 bridgehead atoms. The van der Waals surface area contributed by atoms with Crippen molar-refractivity contribution in [3.05, 3.63) is 35.7 Å². The first-order valence-electron chi connectivity index (χ1n) is 4.71. The Bertz CT molecular complexity index is 522. The fourth-order valence-electron chi connectivity index (χ4n) is 1.41. The van der Waals surface area contributed by atoms with Crippen LogP contribution in [0.4, 0.5) is 13.2 Å². The van der Waals surface area contributed by atoms with Gasteiger partial charge in [0.2, 0.25) is 0 Å². The smallest absolute Gasteiger partial charge is 0.388 e. The monoisotopic (exact) mass is 243 g/mol. The molecule has 0 fully saturated rings. The van der Waals surface area contributed by atoms with E-state index in [0.29, 0.717) is 0 Å². The summed E-state index contributed by atoms with van der Waals surface area (Å²) in [5.41, 5.74) is -0.917. The Morgan fingerprint density at radius 1 is 1.24 bits per heavy atom. The number of halogens is 3. The van der Waals surface area contributed by atoms with Gasteiger partial charge >= 0.3 is 6.18 Å². The van der Waals surface area contributed by atoms with Gasteiger partial charge in [0, 0.05) is 5.56 Å². The summed E-state index contributed by atoms with van der Waals surface area (Å²) in [7, 11) is 0. The summed E-state index contributed by atoms with van der Waals surface area (Å²) < 4.78 is 38.1. The third kappa shape index (κ3) is 2.28. The van der Waals surface area contributed by atoms with Crippen molar-refractivity contribution >= 4 is 0 Å². The number of benzene rings is 1. The first-order valence-corrected chi connectivity index (χ1v) is 4.71. The van der Waals surface area contributed by atoms with E-state index in [1.54, 1.807) is 0 Å². The van der Waals surface area contributed by atoms with Crippen LogP contribution in [0, 0.1) is 0 Å². The van der Waals surface area contributed by atoms with Crippen molar-refractivity contribution < 1.29 is 18.3 Å². The van der Waals surface area contributed by atoms with Crippen LogP contribution < -0.4 is 0 Å². The van der Waals surface area contributed by atoms with Gasteiger partial charge in [0.1, 0.15) is 6.61 Å². The minimum absolute atomic E-state index is 0.0815. The lowest BCUT2D eigenvalue weighted by Crippen LogP contribution is -2.07. The van der Waals surface area contributed by atoms with E-state index in [0.717, 1.165) is 6.07 Å². The van der Waals surface area contributed by atoms with Crippen LogP contribution in [0.2, 0.25) is 0 Å². The van der Waals surface area contributed by atoms with Gasteiger partial charge in [0.15, 0.2) is 11.6 Å². The summed E-state index contributed by atoms with van der Waals surface area (Å²) >= 11 is 0. The van der Waals surface area contributed by atoms with Crippen molar-refractivity contribution in [2.24, 2.45) is 0 Å². The molecule has 2 N–H and O–H groups in total. The van der Waals surface area contributed by atoms with Crippen molar-refractivity contribution in [1.82, 2.24) is 15.2 Å². The number of aromatic nitrogens is 3. The van der Waals surface area contributed by atoms with Crippen LogP contribution in [-0.4, -0.2) is 20.3 Å². The molecule has 0 atom stereocenters. The van der Waals surface area contributed by atoms with Crippen LogP contribution in [0.5, 0.6) is 0 Å². The molecule has 0 radical (unpaired) electrons. The molecule has 2 rings (SSSR count). The Morgan fingerprint density at radius 2 is 1.94 bits per heavy atom. The predicted molar refractivity (Wildman–Crippen MR) is 52.7 cm³/mol. The zero-order valence-corrected chi connectivity index (χ0v) is 8.49. The maximum Gasteiger partial charge on any atom is 0.417 e. The Kier molecular flexibility index (Phi) is 2.84. The third-order valence-electron chi connectivity index (χ3n) is 2.15. The minimum atomic E-state index is -4.46. The highest BCUT2D eigenvalue weighted by molar-refractivity contribution is 5.60. The second kappa shape index (κ2) is 4.17. The van der Waals surface area contributed by atoms with E-state index in [2.05, 4.69) is 15.2 Å². The molecule has 0 aliphatic rings. The van der Waals surface area contributed by atoms with Gasteiger partial charge in [0.25, 0.3) is 0 Å². The molecule has 2 aromatic rings. The summed E-state index contributed by atoms with van der Waals surface area (Å²) in [4.78, 5) is 3.76. The summed E-state index contributed by atoms with van der Waals surface area (Å²) in [5, 5.41) is 14.8. The van der Waals surface area contributed by atoms with Crippen LogP contribution in [0.3, 0.4) is 0 Å². The summed E-state index contributed by atoms with van der Waals surface area (Å²) in [6.45, 7) is -0.402. The molecule has 0 saturated carbocycles. The van der Waals surface area contributed by atoms with E-state index in [1.165, 1.54) is 18.2 Å². The van der Waals surface area contributed by atoms with Crippen LogP contribution in [0.25, 0.3) is 11.4 Å². The summed E-state index contributed by atoms with van der Waals surface area (Å²) in [6.07, 6.45) is -4.46. The molecule has 17 heavy (non-hydrogen) atoms. The van der Waals surface area contributed by atoms with Crippen molar-refractivity contribution in [2.45, 2.75) is 12.8 Å². The van der Waals surface area contributed by atoms with Crippen LogP contribution in [0.15, 0.2) is 24.3 Å². The number of alkyl halides is 3. The number of aromatic amines is 1. The van der Waals surface area contributed by atoms with Crippen molar-refractivity contribution in [3.8, 4) is 11.4 Å². The highest BCUT2D eigenvalue weighted by Crippen LogP contribution is 2.35. The second-order valence-electron chi connectivity index (χ2n) is 3.31. The Labute approximate surface area is 94.1 Å². The molecule has 1 aromatic carbocycles. The zero-order chi connectivity index (χ0) is 12.5. The Balaban J connectivity index is 2.52. The van der Waals surface area contributed by atoms with E-state index < -0.39 is 18.3 Å². The fraction of sp³-hybridized carbons (Fsp3) is 0.200. The number of hydrogen-bond donors (Lipinski definition) is 2. The zero-order valence-electron chi connectivity index (χ0n) is 8.49. The maximum absolute atomic E-state index is 12.7. The van der Waals surface area contributed by atoms with E-state index in [4.69, 9.17) is 5.11 Å². The van der Waals surface area contributed by atoms with E-state index in [1.807, 2.05) is 0 Å². The number of aliphatic hydroxyl groups is 1. The van der Waals surface area contributed by atoms with Gasteiger partial charge in [0.05, 0.1) is 5.56 Å². The van der Waals surface area contributed by atoms with Crippen molar-refractivity contribution in [3.63, 3.8) is 0 Å². The number of H-pyrrole nitrogens is 1. The van der Waals surface area contributed by atoms with Crippen LogP contribution in [-0.2, 0) is 12.8 Å². The molecule has 0 aliphatic carbocycles. The molecule has 90 valence electrons. The first kappa shape index (κ1) is 11.6. The van der Waals surface area contributed by atoms with Gasteiger partial charge < -0.3 is 5.11 Å². The van der Waals surface area contributed by atoms with Gasteiger partial charge in [-0.1, -0.05) is 18.2 Å². The standard InChI is InChI=1S/C10H8F3N3O/c11-10(12,13)7-4-2-1-3-6(7)9-14-8(5-17)15-16-9/h1-4,17H,5H2,(H,14,15,16). The second-order valence-corrected chi connectivity index (χ2v) is 3.31. The number of nitrogens with zero attached hydrogens (tertiary/aromatic N) is 2. The molecule has 0 aliphatic heterocycles. The molecule has 7 heteroatoms. The van der Waals surface area contributed by atoms with Gasteiger partial charge in [-0.05, 0) is 6.07 Å². The minimum Gasteiger partial charge on any atom is -0.388 e. The lowest BCUT2D eigenvalue weighted by Gasteiger charge is -2.09. The highest BCUT2D eigenvalue weighted by Gasteiger charge is 2.34. The Morgan fingerprint density at radius 3 is 2.53 bits per heavy atom. The molecular formula is C10H8F3N3O. The average molecular weight is 243 g/mol. The maximum atomic E-state index is 12.7. The SMILES string of the molecule is OCc1nc(-c2ccccc2C(F)(F)F)n[nH]1. The molecule has 4 nitrogen and oxygen atoms in total. The molecule has 0 amide bonds. The van der Waals surface area contributed by atoms with E-state index in [-0.39, 0.29) is 17.2 Å². The number of aliphatic hydroxyl groups excluding tert-OH is 1. The van der Waals surface area contributed by atoms with Crippen molar-refractivity contribution in [1.29, 1.82) is 0 Å². The largest absolute Gasteiger partial charge is 0.417 e. The highest BCUT2D eigenvalue weighted by atomic mass is 19.4. The Hall–Kier alpha value is -1.89. The lowest BCUT2D eigenvalue weighted by molar-refractivity contribution is -0.137. The molecular weight excluding hydrogens is 235 g/mol. The van der Waals surface area contributed by atoms with Gasteiger partial charge in [-0.2, -0.15) is 18.3 Å². The van der Waals surface area contributed by atoms with E-state index in [9.17, 15) is 13.2 Å². The number of nitrogens with one attached hydrogen (secondary N) is 1. The number of rotatable bonds is 2. The molecule has 0 spiro atoms. The third-order valence-corrected chi connectivity index (χ3v) is 2.15. The summed E-state index contributed by atoms with van der Waals surface area (Å²) in [5.74, 6) is 0.0407. The fourth-order valence-corrected chi connectivity index (χ4v) is 1.41. The van der Waals surface area contributed by atoms with Crippen LogP contribution in [0.1, 0.15) is 11.4 Å². The van der Waals surface area contributed by atoms with E-state index >= 15 is 0 Å². The first-order chi connectivity index (χ1) is 8.02. The topological polar surface area (TPSA) is 61.8 Å². The van der Waals surface area contributed by atoms with Crippen LogP contribution >= 0.6 is 0 Å². The lowest BCUT2D eigenvalue weighted by atomic mass is 10.1. The average Bonchev–Trinajstić information content (AvgIpc) is 2.76. The predicted octanol–water partition coefficient (Wildman–Crippen LogP) is 1.98. The van der Waals surface area contributed by atoms with Gasteiger partial charge in [-0.25, -0.2) is 4.98 Å². The molecule has 1 heterocycles. The number of hydrogen-bond acceptors (Lipinski definition) is 3. The normalized spacial score (nSPS) is 11.8. The van der Waals surface area contributed by atoms with Gasteiger partial charge in [-0.3, -0.25) is 5.10 Å². The quantitative estimate of drug-likeness (QED) is 0.847. The summed E-state index contributed by atoms with van der Waals surface area (Å²) in [6, 6.07) is 5.02. The van der Waals surface area contributed by atoms with Gasteiger partial charge in [-0.15, -0.1) is 0 Å². The van der Waals surface area contributed by atoms with Crippen molar-refractivity contribution in [2.75, 3.05) is 0 Å². The molecule has 1 aromatic heterocycles. The molecule has 0 saturated heterocycles. The molecule has 0 unspecified atom stereocenters.